The average Bonchev–Trinajstić information content (AvgIpc) is 2.58. The summed E-state index contributed by atoms with van der Waals surface area (Å²) in [6.07, 6.45) is 1.81. The maximum absolute atomic E-state index is 11.8. The van der Waals surface area contributed by atoms with Crippen LogP contribution < -0.4 is 10.1 Å². The van der Waals surface area contributed by atoms with Crippen molar-refractivity contribution in [3.8, 4) is 11.8 Å². The van der Waals surface area contributed by atoms with Crippen molar-refractivity contribution in [2.45, 2.75) is 26.7 Å². The van der Waals surface area contributed by atoms with Gasteiger partial charge in [0.1, 0.15) is 11.8 Å². The molecule has 0 aliphatic heterocycles. The summed E-state index contributed by atoms with van der Waals surface area (Å²) in [5.74, 6) is 0.258. The molecule has 0 saturated carbocycles. The van der Waals surface area contributed by atoms with Crippen LogP contribution in [0.2, 0.25) is 0 Å². The Kier molecular flexibility index (Phi) is 6.39. The number of rotatable bonds is 7. The smallest absolute Gasteiger partial charge is 0.257 e. The van der Waals surface area contributed by atoms with E-state index < -0.39 is 0 Å². The summed E-state index contributed by atoms with van der Waals surface area (Å²) in [6.45, 7) is 4.72. The molecule has 24 heavy (non-hydrogen) atoms. The second-order valence-electron chi connectivity index (χ2n) is 5.78. The van der Waals surface area contributed by atoms with Crippen molar-refractivity contribution in [3.05, 3.63) is 64.7 Å². The molecule has 0 aliphatic carbocycles. The zero-order valence-corrected chi connectivity index (χ0v) is 14.1. The molecule has 0 fully saturated rings. The van der Waals surface area contributed by atoms with E-state index in [1.807, 2.05) is 6.07 Å². The van der Waals surface area contributed by atoms with Gasteiger partial charge >= 0.3 is 0 Å². The third-order valence-electron chi connectivity index (χ3n) is 3.81. The third-order valence-corrected chi connectivity index (χ3v) is 3.81. The molecular weight excluding hydrogens is 300 g/mol. The number of carbonyl (C=O) groups excluding carboxylic acids is 1. The standard InChI is InChI=1S/C20H22N2O2/c1-15-9-10-17(16(2)12-15)7-5-11-22-20(23)14-24-19-8-4-3-6-18(19)13-21/h3-4,6,8-10,12H,5,7,11,14H2,1-2H3,(H,22,23). The van der Waals surface area contributed by atoms with Crippen LogP contribution >= 0.6 is 0 Å². The Morgan fingerprint density at radius 2 is 2.00 bits per heavy atom. The normalized spacial score (nSPS) is 10.0. The highest BCUT2D eigenvalue weighted by atomic mass is 16.5. The largest absolute Gasteiger partial charge is 0.482 e. The van der Waals surface area contributed by atoms with Gasteiger partial charge in [0.25, 0.3) is 5.91 Å². The molecule has 2 rings (SSSR count). The van der Waals surface area contributed by atoms with Crippen LogP contribution in [0, 0.1) is 25.2 Å². The fourth-order valence-electron chi connectivity index (χ4n) is 2.51. The molecular formula is C20H22N2O2. The zero-order chi connectivity index (χ0) is 17.4. The Labute approximate surface area is 143 Å². The maximum Gasteiger partial charge on any atom is 0.257 e. The number of para-hydroxylation sites is 1. The molecule has 0 saturated heterocycles. The Hall–Kier alpha value is -2.80. The summed E-state index contributed by atoms with van der Waals surface area (Å²) in [7, 11) is 0. The van der Waals surface area contributed by atoms with E-state index in [1.165, 1.54) is 16.7 Å². The van der Waals surface area contributed by atoms with Crippen LogP contribution in [0.4, 0.5) is 0 Å². The molecule has 2 aromatic carbocycles. The van der Waals surface area contributed by atoms with Gasteiger partial charge in [-0.25, -0.2) is 0 Å². The van der Waals surface area contributed by atoms with Gasteiger partial charge in [0.05, 0.1) is 5.56 Å². The van der Waals surface area contributed by atoms with E-state index in [4.69, 9.17) is 10.00 Å². The topological polar surface area (TPSA) is 62.1 Å². The van der Waals surface area contributed by atoms with Crippen LogP contribution in [-0.4, -0.2) is 19.1 Å². The van der Waals surface area contributed by atoms with Crippen molar-refractivity contribution in [2.24, 2.45) is 0 Å². The van der Waals surface area contributed by atoms with Gasteiger partial charge in [-0.05, 0) is 49.9 Å². The SMILES string of the molecule is Cc1ccc(CCCNC(=O)COc2ccccc2C#N)c(C)c1. The lowest BCUT2D eigenvalue weighted by Gasteiger charge is -2.09. The Bertz CT molecular complexity index is 748. The van der Waals surface area contributed by atoms with Gasteiger partial charge in [-0.3, -0.25) is 4.79 Å². The van der Waals surface area contributed by atoms with Crippen LogP contribution in [-0.2, 0) is 11.2 Å². The van der Waals surface area contributed by atoms with E-state index >= 15 is 0 Å². The zero-order valence-electron chi connectivity index (χ0n) is 14.1. The Morgan fingerprint density at radius 1 is 1.21 bits per heavy atom. The highest BCUT2D eigenvalue weighted by Crippen LogP contribution is 2.16. The molecule has 0 atom stereocenters. The van der Waals surface area contributed by atoms with Crippen LogP contribution in [0.15, 0.2) is 42.5 Å². The average molecular weight is 322 g/mol. The van der Waals surface area contributed by atoms with E-state index in [-0.39, 0.29) is 12.5 Å². The first-order chi connectivity index (χ1) is 11.6. The lowest BCUT2D eigenvalue weighted by molar-refractivity contribution is -0.123. The van der Waals surface area contributed by atoms with E-state index in [9.17, 15) is 4.79 Å². The second kappa shape index (κ2) is 8.73. The van der Waals surface area contributed by atoms with Crippen molar-refractivity contribution < 1.29 is 9.53 Å². The number of benzene rings is 2. The van der Waals surface area contributed by atoms with Gasteiger partial charge in [-0.2, -0.15) is 5.26 Å². The van der Waals surface area contributed by atoms with Gasteiger partial charge in [-0.1, -0.05) is 35.9 Å². The molecule has 4 heteroatoms. The van der Waals surface area contributed by atoms with E-state index in [2.05, 4.69) is 37.4 Å². The molecule has 0 aliphatic rings. The van der Waals surface area contributed by atoms with Crippen molar-refractivity contribution >= 4 is 5.91 Å². The number of nitrogens with one attached hydrogen (secondary N) is 1. The van der Waals surface area contributed by atoms with Gasteiger partial charge in [0.2, 0.25) is 0 Å². The minimum absolute atomic E-state index is 0.0811. The summed E-state index contributed by atoms with van der Waals surface area (Å²) in [6, 6.07) is 15.4. The molecule has 0 heterocycles. The van der Waals surface area contributed by atoms with E-state index in [1.54, 1.807) is 24.3 Å². The molecule has 0 radical (unpaired) electrons. The Balaban J connectivity index is 1.71. The van der Waals surface area contributed by atoms with Crippen molar-refractivity contribution in [2.75, 3.05) is 13.2 Å². The molecule has 4 nitrogen and oxygen atoms in total. The number of nitrogens with zero attached hydrogens (tertiary/aromatic N) is 1. The first-order valence-corrected chi connectivity index (χ1v) is 8.05. The predicted molar refractivity (Wildman–Crippen MR) is 93.9 cm³/mol. The number of hydrogen-bond acceptors (Lipinski definition) is 3. The number of nitriles is 1. The van der Waals surface area contributed by atoms with E-state index in [0.717, 1.165) is 12.8 Å². The van der Waals surface area contributed by atoms with Gasteiger partial charge in [-0.15, -0.1) is 0 Å². The van der Waals surface area contributed by atoms with Crippen molar-refractivity contribution in [1.82, 2.24) is 5.32 Å². The monoisotopic (exact) mass is 322 g/mol. The summed E-state index contributed by atoms with van der Waals surface area (Å²) in [4.78, 5) is 11.8. The number of ether oxygens (including phenoxy) is 1. The predicted octanol–water partition coefficient (Wildman–Crippen LogP) is 3.30. The summed E-state index contributed by atoms with van der Waals surface area (Å²) in [5, 5.41) is 11.8. The molecule has 0 aromatic heterocycles. The van der Waals surface area contributed by atoms with Crippen molar-refractivity contribution in [1.29, 1.82) is 5.26 Å². The second-order valence-corrected chi connectivity index (χ2v) is 5.78. The first-order valence-electron chi connectivity index (χ1n) is 8.05. The maximum atomic E-state index is 11.8. The minimum atomic E-state index is -0.177. The summed E-state index contributed by atoms with van der Waals surface area (Å²) < 4.78 is 5.40. The molecule has 1 N–H and O–H groups in total. The highest BCUT2D eigenvalue weighted by molar-refractivity contribution is 5.77. The number of hydrogen-bond donors (Lipinski definition) is 1. The van der Waals surface area contributed by atoms with Crippen LogP contribution in [0.3, 0.4) is 0 Å². The minimum Gasteiger partial charge on any atom is -0.482 e. The lowest BCUT2D eigenvalue weighted by Crippen LogP contribution is -2.30. The molecule has 2 aromatic rings. The van der Waals surface area contributed by atoms with Gasteiger partial charge in [0, 0.05) is 6.54 Å². The molecule has 1 amide bonds. The number of carbonyl (C=O) groups is 1. The number of aryl methyl sites for hydroxylation is 3. The molecule has 0 bridgehead atoms. The van der Waals surface area contributed by atoms with Crippen molar-refractivity contribution in [3.63, 3.8) is 0 Å². The highest BCUT2D eigenvalue weighted by Gasteiger charge is 2.06. The van der Waals surface area contributed by atoms with Gasteiger partial charge < -0.3 is 10.1 Å². The quantitative estimate of drug-likeness (QED) is 0.796. The molecule has 124 valence electrons. The van der Waals surface area contributed by atoms with Crippen LogP contribution in [0.1, 0.15) is 28.7 Å². The Morgan fingerprint density at radius 3 is 2.75 bits per heavy atom. The van der Waals surface area contributed by atoms with Crippen LogP contribution in [0.25, 0.3) is 0 Å². The fourth-order valence-corrected chi connectivity index (χ4v) is 2.51. The summed E-state index contributed by atoms with van der Waals surface area (Å²) >= 11 is 0. The lowest BCUT2D eigenvalue weighted by atomic mass is 10.0. The van der Waals surface area contributed by atoms with Crippen LogP contribution in [0.5, 0.6) is 5.75 Å². The molecule has 0 spiro atoms. The third kappa shape index (κ3) is 5.13. The summed E-state index contributed by atoms with van der Waals surface area (Å²) in [5.41, 5.74) is 4.30. The first kappa shape index (κ1) is 17.6. The van der Waals surface area contributed by atoms with E-state index in [0.29, 0.717) is 17.9 Å². The molecule has 0 unspecified atom stereocenters. The fraction of sp³-hybridized carbons (Fsp3) is 0.300. The number of amides is 1. The van der Waals surface area contributed by atoms with Gasteiger partial charge in [0.15, 0.2) is 6.61 Å².